The summed E-state index contributed by atoms with van der Waals surface area (Å²) in [5.74, 6) is -2.68. The molecule has 0 amide bonds. The summed E-state index contributed by atoms with van der Waals surface area (Å²) >= 11 is 0. The van der Waals surface area contributed by atoms with Gasteiger partial charge in [-0.1, -0.05) is 0 Å². The highest BCUT2D eigenvalue weighted by atomic mass is 19.1. The maximum absolute atomic E-state index is 13.8. The van der Waals surface area contributed by atoms with Crippen molar-refractivity contribution in [1.82, 2.24) is 5.32 Å². The molecule has 1 aromatic carbocycles. The molecule has 0 bridgehead atoms. The second-order valence-electron chi connectivity index (χ2n) is 4.63. The van der Waals surface area contributed by atoms with E-state index in [2.05, 4.69) is 5.32 Å². The smallest absolute Gasteiger partial charge is 0.209 e. The predicted octanol–water partition coefficient (Wildman–Crippen LogP) is 2.22. The van der Waals surface area contributed by atoms with Gasteiger partial charge in [-0.15, -0.1) is 0 Å². The van der Waals surface area contributed by atoms with Crippen LogP contribution in [0.15, 0.2) is 6.07 Å². The highest BCUT2D eigenvalue weighted by Gasteiger charge is 2.21. The summed E-state index contributed by atoms with van der Waals surface area (Å²) in [6.45, 7) is 1.80. The molecular formula is C13H17F2NO2. The minimum Gasteiger partial charge on any atom is -0.503 e. The van der Waals surface area contributed by atoms with Crippen molar-refractivity contribution >= 4 is 0 Å². The molecule has 0 saturated carbocycles. The number of aromatic hydroxyl groups is 1. The van der Waals surface area contributed by atoms with Crippen molar-refractivity contribution in [3.8, 4) is 11.5 Å². The van der Waals surface area contributed by atoms with Crippen LogP contribution >= 0.6 is 0 Å². The number of phenols is 1. The fourth-order valence-corrected chi connectivity index (χ4v) is 2.36. The Morgan fingerprint density at radius 2 is 2.22 bits per heavy atom. The van der Waals surface area contributed by atoms with Gasteiger partial charge in [-0.25, -0.2) is 4.39 Å². The van der Waals surface area contributed by atoms with Crippen molar-refractivity contribution in [1.29, 1.82) is 0 Å². The minimum absolute atomic E-state index is 0.118. The van der Waals surface area contributed by atoms with Gasteiger partial charge in [0.05, 0.1) is 7.11 Å². The lowest BCUT2D eigenvalue weighted by molar-refractivity contribution is 0.339. The van der Waals surface area contributed by atoms with Gasteiger partial charge in [-0.05, 0) is 49.9 Å². The highest BCUT2D eigenvalue weighted by Crippen LogP contribution is 2.33. The van der Waals surface area contributed by atoms with E-state index in [1.165, 1.54) is 13.2 Å². The van der Waals surface area contributed by atoms with Crippen LogP contribution in [0.5, 0.6) is 11.5 Å². The van der Waals surface area contributed by atoms with E-state index in [1.807, 2.05) is 0 Å². The summed E-state index contributed by atoms with van der Waals surface area (Å²) in [7, 11) is 1.29. The Hall–Kier alpha value is -1.36. The van der Waals surface area contributed by atoms with Gasteiger partial charge in [0.2, 0.25) is 5.82 Å². The third-order valence-electron chi connectivity index (χ3n) is 3.35. The van der Waals surface area contributed by atoms with Gasteiger partial charge >= 0.3 is 0 Å². The summed E-state index contributed by atoms with van der Waals surface area (Å²) in [6.07, 6.45) is 2.53. The molecular weight excluding hydrogens is 240 g/mol. The van der Waals surface area contributed by atoms with E-state index in [9.17, 15) is 13.9 Å². The molecule has 0 radical (unpaired) electrons. The maximum Gasteiger partial charge on any atom is 0.209 e. The quantitative estimate of drug-likeness (QED) is 0.872. The van der Waals surface area contributed by atoms with Gasteiger partial charge in [-0.3, -0.25) is 0 Å². The number of ether oxygens (including phenoxy) is 1. The molecule has 1 unspecified atom stereocenters. The van der Waals surface area contributed by atoms with E-state index >= 15 is 0 Å². The summed E-state index contributed by atoms with van der Waals surface area (Å²) in [6, 6.07) is 1.33. The Balaban J connectivity index is 2.23. The van der Waals surface area contributed by atoms with E-state index < -0.39 is 17.4 Å². The standard InChI is InChI=1S/C13H17F2NO2/c1-18-10-6-9(11(14)13(17)12(10)15)5-8-3-2-4-16-7-8/h6,8,16-17H,2-5,7H2,1H3. The fourth-order valence-electron chi connectivity index (χ4n) is 2.36. The van der Waals surface area contributed by atoms with Crippen LogP contribution in [0, 0.1) is 17.6 Å². The zero-order valence-electron chi connectivity index (χ0n) is 10.3. The zero-order chi connectivity index (χ0) is 13.1. The van der Waals surface area contributed by atoms with Gasteiger partial charge in [0.15, 0.2) is 17.3 Å². The molecule has 1 aromatic rings. The number of rotatable bonds is 3. The number of hydrogen-bond donors (Lipinski definition) is 2. The van der Waals surface area contributed by atoms with Crippen LogP contribution in [-0.4, -0.2) is 25.3 Å². The highest BCUT2D eigenvalue weighted by molar-refractivity contribution is 5.41. The third kappa shape index (κ3) is 2.56. The van der Waals surface area contributed by atoms with Crippen LogP contribution < -0.4 is 10.1 Å². The van der Waals surface area contributed by atoms with Crippen LogP contribution in [-0.2, 0) is 6.42 Å². The van der Waals surface area contributed by atoms with E-state index in [4.69, 9.17) is 4.74 Å². The van der Waals surface area contributed by atoms with Crippen molar-refractivity contribution in [2.75, 3.05) is 20.2 Å². The zero-order valence-corrected chi connectivity index (χ0v) is 10.3. The molecule has 2 rings (SSSR count). The number of methoxy groups -OCH3 is 1. The summed E-state index contributed by atoms with van der Waals surface area (Å²) < 4.78 is 32.0. The Morgan fingerprint density at radius 3 is 2.83 bits per heavy atom. The van der Waals surface area contributed by atoms with Crippen LogP contribution in [0.1, 0.15) is 18.4 Å². The normalized spacial score (nSPS) is 19.8. The first-order chi connectivity index (χ1) is 8.63. The molecule has 1 aliphatic rings. The average molecular weight is 257 g/mol. The first kappa shape index (κ1) is 13.1. The Kier molecular flexibility index (Phi) is 4.01. The largest absolute Gasteiger partial charge is 0.503 e. The van der Waals surface area contributed by atoms with Crippen molar-refractivity contribution in [2.24, 2.45) is 5.92 Å². The first-order valence-corrected chi connectivity index (χ1v) is 6.08. The van der Waals surface area contributed by atoms with Gasteiger partial charge in [0.1, 0.15) is 0 Å². The Morgan fingerprint density at radius 1 is 1.44 bits per heavy atom. The maximum atomic E-state index is 13.8. The molecule has 0 aromatic heterocycles. The van der Waals surface area contributed by atoms with Gasteiger partial charge in [0, 0.05) is 0 Å². The number of benzene rings is 1. The van der Waals surface area contributed by atoms with E-state index in [1.54, 1.807) is 0 Å². The molecule has 18 heavy (non-hydrogen) atoms. The van der Waals surface area contributed by atoms with Crippen molar-refractivity contribution in [2.45, 2.75) is 19.3 Å². The van der Waals surface area contributed by atoms with E-state index in [-0.39, 0.29) is 5.75 Å². The van der Waals surface area contributed by atoms with Crippen molar-refractivity contribution in [3.05, 3.63) is 23.3 Å². The topological polar surface area (TPSA) is 41.5 Å². The van der Waals surface area contributed by atoms with Gasteiger partial charge < -0.3 is 15.2 Å². The number of phenolic OH excluding ortho intramolecular Hbond substituents is 1. The molecule has 1 aliphatic heterocycles. The van der Waals surface area contributed by atoms with Gasteiger partial charge in [-0.2, -0.15) is 4.39 Å². The lowest BCUT2D eigenvalue weighted by Crippen LogP contribution is -2.31. The average Bonchev–Trinajstić information content (AvgIpc) is 2.40. The summed E-state index contributed by atoms with van der Waals surface area (Å²) in [4.78, 5) is 0. The number of piperidine rings is 1. The van der Waals surface area contributed by atoms with E-state index in [0.29, 0.717) is 17.9 Å². The predicted molar refractivity (Wildman–Crippen MR) is 63.9 cm³/mol. The van der Waals surface area contributed by atoms with E-state index in [0.717, 1.165) is 25.9 Å². The molecule has 100 valence electrons. The molecule has 1 atom stereocenters. The number of nitrogens with one attached hydrogen (secondary N) is 1. The minimum atomic E-state index is -1.04. The lowest BCUT2D eigenvalue weighted by Gasteiger charge is -2.23. The first-order valence-electron chi connectivity index (χ1n) is 6.08. The molecule has 1 heterocycles. The lowest BCUT2D eigenvalue weighted by atomic mass is 9.92. The van der Waals surface area contributed by atoms with Crippen molar-refractivity contribution < 1.29 is 18.6 Å². The number of halogens is 2. The molecule has 1 fully saturated rings. The second kappa shape index (κ2) is 5.52. The Labute approximate surface area is 105 Å². The SMILES string of the molecule is COc1cc(CC2CCCNC2)c(F)c(O)c1F. The molecule has 5 heteroatoms. The van der Waals surface area contributed by atoms with Crippen LogP contribution in [0.3, 0.4) is 0 Å². The molecule has 2 N–H and O–H groups in total. The van der Waals surface area contributed by atoms with Gasteiger partial charge in [0.25, 0.3) is 0 Å². The fraction of sp³-hybridized carbons (Fsp3) is 0.538. The number of hydrogen-bond acceptors (Lipinski definition) is 3. The van der Waals surface area contributed by atoms with Crippen LogP contribution in [0.2, 0.25) is 0 Å². The molecule has 3 nitrogen and oxygen atoms in total. The van der Waals surface area contributed by atoms with Crippen molar-refractivity contribution in [3.63, 3.8) is 0 Å². The summed E-state index contributed by atoms with van der Waals surface area (Å²) in [5.41, 5.74) is 0.305. The third-order valence-corrected chi connectivity index (χ3v) is 3.35. The molecule has 0 aliphatic carbocycles. The summed E-state index contributed by atoms with van der Waals surface area (Å²) in [5, 5.41) is 12.6. The Bertz CT molecular complexity index is 431. The monoisotopic (exact) mass is 257 g/mol. The molecule has 1 saturated heterocycles. The van der Waals surface area contributed by atoms with Crippen LogP contribution in [0.25, 0.3) is 0 Å². The second-order valence-corrected chi connectivity index (χ2v) is 4.63. The van der Waals surface area contributed by atoms with Crippen LogP contribution in [0.4, 0.5) is 8.78 Å². The molecule has 0 spiro atoms.